The normalized spacial score (nSPS) is 20.7. The van der Waals surface area contributed by atoms with E-state index in [0.29, 0.717) is 10.7 Å². The van der Waals surface area contributed by atoms with Crippen LogP contribution >= 0.6 is 12.2 Å². The van der Waals surface area contributed by atoms with Gasteiger partial charge in [-0.3, -0.25) is 9.78 Å². The number of nitrogens with one attached hydrogen (secondary N) is 1. The average Bonchev–Trinajstić information content (AvgIpc) is 2.92. The fourth-order valence-electron chi connectivity index (χ4n) is 1.85. The van der Waals surface area contributed by atoms with Crippen molar-refractivity contribution < 1.29 is 5.11 Å². The molecule has 4 nitrogen and oxygen atoms in total. The number of hydrogen-bond donors (Lipinski definition) is 2. The van der Waals surface area contributed by atoms with Crippen LogP contribution in [0.1, 0.15) is 32.2 Å². The number of nitrogens with zero attached hydrogens (tertiary/aromatic N) is 2. The van der Waals surface area contributed by atoms with E-state index in [1.165, 1.54) is 12.8 Å². The first kappa shape index (κ1) is 9.86. The van der Waals surface area contributed by atoms with Crippen LogP contribution in [0.5, 0.6) is 0 Å². The number of aromatic amines is 1. The van der Waals surface area contributed by atoms with Crippen LogP contribution in [-0.4, -0.2) is 26.0 Å². The van der Waals surface area contributed by atoms with E-state index in [9.17, 15) is 5.11 Å². The van der Waals surface area contributed by atoms with Crippen molar-refractivity contribution in [2.45, 2.75) is 38.3 Å². The molecule has 0 aromatic carbocycles. The molecular formula is C9H15N3OS. The molecule has 1 aromatic heterocycles. The molecule has 1 aliphatic carbocycles. The van der Waals surface area contributed by atoms with Gasteiger partial charge in [-0.05, 0) is 37.4 Å². The van der Waals surface area contributed by atoms with Gasteiger partial charge in [-0.2, -0.15) is 0 Å². The zero-order valence-corrected chi connectivity index (χ0v) is 9.00. The van der Waals surface area contributed by atoms with Crippen LogP contribution in [0.2, 0.25) is 0 Å². The summed E-state index contributed by atoms with van der Waals surface area (Å²) in [5.41, 5.74) is 0. The van der Waals surface area contributed by atoms with Gasteiger partial charge in [0.05, 0.1) is 12.1 Å². The van der Waals surface area contributed by atoms with Gasteiger partial charge in [0, 0.05) is 0 Å². The highest BCUT2D eigenvalue weighted by Gasteiger charge is 2.37. The molecule has 14 heavy (non-hydrogen) atoms. The number of aromatic nitrogens is 3. The number of hydrogen-bond acceptors (Lipinski definition) is 3. The molecule has 0 spiro atoms. The van der Waals surface area contributed by atoms with Crippen molar-refractivity contribution in [1.82, 2.24) is 14.8 Å². The minimum absolute atomic E-state index is 0.0926. The molecule has 0 aliphatic heterocycles. The molecule has 78 valence electrons. The zero-order chi connectivity index (χ0) is 10.1. The summed E-state index contributed by atoms with van der Waals surface area (Å²) in [6.45, 7) is 1.99. The minimum atomic E-state index is -0.324. The van der Waals surface area contributed by atoms with Gasteiger partial charge in [-0.1, -0.05) is 6.92 Å². The van der Waals surface area contributed by atoms with E-state index in [4.69, 9.17) is 12.2 Å². The third-order valence-electron chi connectivity index (χ3n) is 2.79. The van der Waals surface area contributed by atoms with E-state index in [1.54, 1.807) is 6.33 Å². The van der Waals surface area contributed by atoms with Gasteiger partial charge in [-0.15, -0.1) is 0 Å². The van der Waals surface area contributed by atoms with Gasteiger partial charge in [0.15, 0.2) is 0 Å². The summed E-state index contributed by atoms with van der Waals surface area (Å²) < 4.78 is 2.36. The molecule has 1 saturated carbocycles. The highest BCUT2D eigenvalue weighted by Crippen LogP contribution is 2.41. The second kappa shape index (κ2) is 3.82. The Labute approximate surface area is 88.0 Å². The highest BCUT2D eigenvalue weighted by atomic mass is 32.1. The summed E-state index contributed by atoms with van der Waals surface area (Å²) in [5, 5.41) is 12.9. The number of aliphatic hydroxyl groups excluding tert-OH is 1. The molecule has 2 atom stereocenters. The molecule has 1 heterocycles. The fourth-order valence-corrected chi connectivity index (χ4v) is 2.08. The Kier molecular flexibility index (Phi) is 2.69. The van der Waals surface area contributed by atoms with Crippen molar-refractivity contribution in [1.29, 1.82) is 0 Å². The van der Waals surface area contributed by atoms with Crippen LogP contribution in [0.15, 0.2) is 6.33 Å². The zero-order valence-electron chi connectivity index (χ0n) is 8.18. The van der Waals surface area contributed by atoms with Gasteiger partial charge >= 0.3 is 0 Å². The standard InChI is InChI=1S/C9H15N3OS/c1-2-7(13)8(6-3-4-6)12-9(14)10-5-11-12/h5-8,13H,2-4H2,1H3,(H,10,11,14). The molecule has 0 amide bonds. The Hall–Kier alpha value is -0.680. The lowest BCUT2D eigenvalue weighted by atomic mass is 10.0. The molecule has 2 unspecified atom stereocenters. The molecular weight excluding hydrogens is 198 g/mol. The third-order valence-corrected chi connectivity index (χ3v) is 3.10. The van der Waals surface area contributed by atoms with E-state index in [0.717, 1.165) is 6.42 Å². The van der Waals surface area contributed by atoms with E-state index < -0.39 is 0 Å². The largest absolute Gasteiger partial charge is 0.391 e. The maximum absolute atomic E-state index is 9.91. The van der Waals surface area contributed by atoms with Gasteiger partial charge < -0.3 is 5.11 Å². The smallest absolute Gasteiger partial charge is 0.216 e. The second-order valence-corrected chi connectivity index (χ2v) is 4.21. The summed E-state index contributed by atoms with van der Waals surface area (Å²) in [4.78, 5) is 3.98. The molecule has 0 radical (unpaired) electrons. The van der Waals surface area contributed by atoms with E-state index in [-0.39, 0.29) is 12.1 Å². The van der Waals surface area contributed by atoms with Crippen LogP contribution in [0.3, 0.4) is 0 Å². The Morgan fingerprint density at radius 3 is 2.93 bits per heavy atom. The summed E-state index contributed by atoms with van der Waals surface area (Å²) in [5.74, 6) is 0.567. The fraction of sp³-hybridized carbons (Fsp3) is 0.778. The minimum Gasteiger partial charge on any atom is -0.391 e. The molecule has 0 saturated heterocycles. The maximum Gasteiger partial charge on any atom is 0.216 e. The lowest BCUT2D eigenvalue weighted by molar-refractivity contribution is 0.0891. The molecule has 2 rings (SSSR count). The predicted octanol–water partition coefficient (Wildman–Crippen LogP) is 1.66. The number of H-pyrrole nitrogens is 1. The number of rotatable bonds is 4. The van der Waals surface area contributed by atoms with Crippen molar-refractivity contribution in [3.8, 4) is 0 Å². The molecule has 1 fully saturated rings. The lowest BCUT2D eigenvalue weighted by Crippen LogP contribution is -2.26. The lowest BCUT2D eigenvalue weighted by Gasteiger charge is -2.22. The van der Waals surface area contributed by atoms with Gasteiger partial charge in [-0.25, -0.2) is 4.98 Å². The van der Waals surface area contributed by atoms with Crippen molar-refractivity contribution in [3.05, 3.63) is 11.1 Å². The van der Waals surface area contributed by atoms with Crippen LogP contribution in [0.4, 0.5) is 0 Å². The molecule has 5 heteroatoms. The quantitative estimate of drug-likeness (QED) is 0.748. The predicted molar refractivity (Wildman–Crippen MR) is 55.5 cm³/mol. The summed E-state index contributed by atoms with van der Waals surface area (Å²) in [6.07, 6.45) is 4.38. The Bertz CT molecular complexity index is 355. The first-order valence-corrected chi connectivity index (χ1v) is 5.44. The Balaban J connectivity index is 2.26. The van der Waals surface area contributed by atoms with Crippen molar-refractivity contribution >= 4 is 12.2 Å². The monoisotopic (exact) mass is 213 g/mol. The molecule has 1 aromatic rings. The van der Waals surface area contributed by atoms with E-state index in [2.05, 4.69) is 10.1 Å². The van der Waals surface area contributed by atoms with E-state index >= 15 is 0 Å². The third kappa shape index (κ3) is 1.74. The average molecular weight is 213 g/mol. The van der Waals surface area contributed by atoms with Crippen molar-refractivity contribution in [2.24, 2.45) is 5.92 Å². The topological polar surface area (TPSA) is 53.8 Å². The molecule has 2 N–H and O–H groups in total. The van der Waals surface area contributed by atoms with Gasteiger partial charge in [0.2, 0.25) is 4.77 Å². The summed E-state index contributed by atoms with van der Waals surface area (Å²) in [7, 11) is 0. The van der Waals surface area contributed by atoms with Crippen LogP contribution in [0.25, 0.3) is 0 Å². The SMILES string of the molecule is CCC(O)C(C1CC1)n1[nH]cnc1=S. The van der Waals surface area contributed by atoms with Gasteiger partial charge in [0.25, 0.3) is 0 Å². The molecule has 1 aliphatic rings. The second-order valence-electron chi connectivity index (χ2n) is 3.84. The van der Waals surface area contributed by atoms with Gasteiger partial charge in [0.1, 0.15) is 6.33 Å². The summed E-state index contributed by atoms with van der Waals surface area (Å²) in [6, 6.07) is 0.0926. The van der Waals surface area contributed by atoms with Crippen LogP contribution < -0.4 is 0 Å². The van der Waals surface area contributed by atoms with Crippen molar-refractivity contribution in [3.63, 3.8) is 0 Å². The maximum atomic E-state index is 9.91. The first-order chi connectivity index (χ1) is 6.74. The highest BCUT2D eigenvalue weighted by molar-refractivity contribution is 7.71. The Morgan fingerprint density at radius 2 is 2.50 bits per heavy atom. The Morgan fingerprint density at radius 1 is 1.79 bits per heavy atom. The molecule has 0 bridgehead atoms. The van der Waals surface area contributed by atoms with E-state index in [1.807, 2.05) is 11.6 Å². The van der Waals surface area contributed by atoms with Crippen molar-refractivity contribution in [2.75, 3.05) is 0 Å². The number of aliphatic hydroxyl groups is 1. The summed E-state index contributed by atoms with van der Waals surface area (Å²) >= 11 is 5.09. The van der Waals surface area contributed by atoms with Crippen LogP contribution in [0, 0.1) is 10.7 Å². The van der Waals surface area contributed by atoms with Crippen LogP contribution in [-0.2, 0) is 0 Å². The first-order valence-electron chi connectivity index (χ1n) is 5.04.